The van der Waals surface area contributed by atoms with Crippen LogP contribution in [0.15, 0.2) is 64.0 Å². The van der Waals surface area contributed by atoms with Gasteiger partial charge in [-0.15, -0.1) is 10.2 Å². The predicted molar refractivity (Wildman–Crippen MR) is 130 cm³/mol. The highest BCUT2D eigenvalue weighted by molar-refractivity contribution is 7.99. The van der Waals surface area contributed by atoms with Crippen LogP contribution in [0.25, 0.3) is 5.69 Å². The summed E-state index contributed by atoms with van der Waals surface area (Å²) in [6.45, 7) is 2.44. The van der Waals surface area contributed by atoms with E-state index in [0.29, 0.717) is 11.7 Å². The zero-order valence-corrected chi connectivity index (χ0v) is 20.6. The molecule has 2 heterocycles. The number of carbonyl (C=O) groups is 1. The first-order valence-electron chi connectivity index (χ1n) is 11.5. The van der Waals surface area contributed by atoms with Crippen LogP contribution < -0.4 is 0 Å². The van der Waals surface area contributed by atoms with Gasteiger partial charge in [-0.05, 0) is 83.1 Å². The largest absolute Gasteiger partial charge is 0.467 e. The number of nitrogens with zero attached hydrogens (tertiary/aromatic N) is 5. The maximum absolute atomic E-state index is 13.6. The topological polar surface area (TPSA) is 67.4 Å². The van der Waals surface area contributed by atoms with E-state index in [9.17, 15) is 9.18 Å². The molecule has 9 heteroatoms. The quantitative estimate of drug-likeness (QED) is 0.390. The molecular weight excluding hydrogens is 453 g/mol. The van der Waals surface area contributed by atoms with Crippen molar-refractivity contribution in [2.75, 3.05) is 19.8 Å². The molecule has 1 atom stereocenters. The Hall–Kier alpha value is -2.91. The third kappa shape index (κ3) is 5.59. The number of rotatable bonds is 9. The number of carbonyl (C=O) groups excluding carboxylic acids is 1. The van der Waals surface area contributed by atoms with Gasteiger partial charge in [0, 0.05) is 11.4 Å². The summed E-state index contributed by atoms with van der Waals surface area (Å²) < 4.78 is 21.0. The van der Waals surface area contributed by atoms with Crippen molar-refractivity contribution in [2.24, 2.45) is 0 Å². The summed E-state index contributed by atoms with van der Waals surface area (Å²) in [5.41, 5.74) is 1.81. The van der Waals surface area contributed by atoms with Gasteiger partial charge < -0.3 is 9.32 Å². The Morgan fingerprint density at radius 2 is 2.00 bits per heavy atom. The highest BCUT2D eigenvalue weighted by atomic mass is 32.2. The first-order chi connectivity index (χ1) is 16.4. The summed E-state index contributed by atoms with van der Waals surface area (Å²) in [6, 6.07) is 9.93. The standard InChI is InChI=1S/C25H30FN5O2S/c1-18(29(2)3)24-27-28-25(31(24)21-13-11-19(26)12-14-21)34-17-23(32)30(16-22-10-7-15-33-22)20-8-5-4-6-9-20/h7-8,10-15,18H,4-6,9,16-17H2,1-3H3/t18-/m1/s1. The molecule has 4 rings (SSSR count). The summed E-state index contributed by atoms with van der Waals surface area (Å²) >= 11 is 1.34. The Labute approximate surface area is 203 Å². The van der Waals surface area contributed by atoms with E-state index in [1.165, 1.54) is 23.9 Å². The van der Waals surface area contributed by atoms with Gasteiger partial charge in [-0.1, -0.05) is 17.8 Å². The molecular formula is C25H30FN5O2S. The molecule has 7 nitrogen and oxygen atoms in total. The number of benzene rings is 1. The molecule has 180 valence electrons. The second-order valence-corrected chi connectivity index (χ2v) is 9.52. The monoisotopic (exact) mass is 483 g/mol. The summed E-state index contributed by atoms with van der Waals surface area (Å²) in [5.74, 6) is 1.37. The van der Waals surface area contributed by atoms with Crippen molar-refractivity contribution in [3.8, 4) is 5.69 Å². The van der Waals surface area contributed by atoms with Gasteiger partial charge in [-0.25, -0.2) is 4.39 Å². The number of allylic oxidation sites excluding steroid dienone is 2. The molecule has 0 N–H and O–H groups in total. The molecule has 1 aliphatic carbocycles. The van der Waals surface area contributed by atoms with Gasteiger partial charge >= 0.3 is 0 Å². The van der Waals surface area contributed by atoms with Gasteiger partial charge in [0.1, 0.15) is 11.6 Å². The zero-order valence-electron chi connectivity index (χ0n) is 19.8. The maximum atomic E-state index is 13.6. The average molecular weight is 484 g/mol. The van der Waals surface area contributed by atoms with Gasteiger partial charge in [0.15, 0.2) is 11.0 Å². The van der Waals surface area contributed by atoms with Crippen LogP contribution >= 0.6 is 11.8 Å². The van der Waals surface area contributed by atoms with E-state index < -0.39 is 0 Å². The highest BCUT2D eigenvalue weighted by Crippen LogP contribution is 2.29. The third-order valence-corrected chi connectivity index (χ3v) is 6.94. The molecule has 34 heavy (non-hydrogen) atoms. The smallest absolute Gasteiger partial charge is 0.237 e. The molecule has 1 amide bonds. The number of halogens is 1. The first-order valence-corrected chi connectivity index (χ1v) is 12.4. The SMILES string of the molecule is C[C@H](c1nnc(SCC(=O)N(Cc2ccco2)C2=CCCCC2)n1-c1ccc(F)cc1)N(C)C. The van der Waals surface area contributed by atoms with Gasteiger partial charge in [0.25, 0.3) is 0 Å². The van der Waals surface area contributed by atoms with Crippen LogP contribution in [-0.2, 0) is 11.3 Å². The Balaban J connectivity index is 1.58. The minimum absolute atomic E-state index is 0.00888. The highest BCUT2D eigenvalue weighted by Gasteiger charge is 2.24. The van der Waals surface area contributed by atoms with Crippen molar-refractivity contribution in [2.45, 2.75) is 50.4 Å². The number of thioether (sulfide) groups is 1. The van der Waals surface area contributed by atoms with E-state index in [0.717, 1.165) is 48.7 Å². The zero-order chi connectivity index (χ0) is 24.1. The number of hydrogen-bond acceptors (Lipinski definition) is 6. The molecule has 0 spiro atoms. The Morgan fingerprint density at radius 3 is 2.65 bits per heavy atom. The molecule has 0 saturated heterocycles. The number of amides is 1. The summed E-state index contributed by atoms with van der Waals surface area (Å²) in [4.78, 5) is 17.2. The van der Waals surface area contributed by atoms with Crippen LogP contribution in [0.4, 0.5) is 4.39 Å². The van der Waals surface area contributed by atoms with E-state index in [4.69, 9.17) is 4.42 Å². The van der Waals surface area contributed by atoms with Gasteiger partial charge in [-0.2, -0.15) is 0 Å². The number of furan rings is 1. The molecule has 0 fully saturated rings. The lowest BCUT2D eigenvalue weighted by molar-refractivity contribution is -0.127. The van der Waals surface area contributed by atoms with Gasteiger partial charge in [0.2, 0.25) is 5.91 Å². The molecule has 0 saturated carbocycles. The summed E-state index contributed by atoms with van der Waals surface area (Å²) in [5, 5.41) is 9.40. The lowest BCUT2D eigenvalue weighted by atomic mass is 10.0. The lowest BCUT2D eigenvalue weighted by Gasteiger charge is -2.27. The van der Waals surface area contributed by atoms with E-state index >= 15 is 0 Å². The summed E-state index contributed by atoms with van der Waals surface area (Å²) in [6.07, 6.45) is 7.87. The molecule has 3 aromatic rings. The molecule has 0 aliphatic heterocycles. The minimum atomic E-state index is -0.308. The first kappa shape index (κ1) is 24.2. The maximum Gasteiger partial charge on any atom is 0.237 e. The fourth-order valence-electron chi connectivity index (χ4n) is 3.89. The van der Waals surface area contributed by atoms with Crippen molar-refractivity contribution in [3.63, 3.8) is 0 Å². The van der Waals surface area contributed by atoms with Crippen LogP contribution in [-0.4, -0.2) is 50.3 Å². The van der Waals surface area contributed by atoms with E-state index in [1.807, 2.05) is 47.5 Å². The second-order valence-electron chi connectivity index (χ2n) is 8.58. The Kier molecular flexibility index (Phi) is 7.84. The van der Waals surface area contributed by atoms with Crippen LogP contribution in [0.2, 0.25) is 0 Å². The van der Waals surface area contributed by atoms with Crippen LogP contribution in [0.5, 0.6) is 0 Å². The third-order valence-electron chi connectivity index (χ3n) is 6.03. The average Bonchev–Trinajstić information content (AvgIpc) is 3.51. The minimum Gasteiger partial charge on any atom is -0.467 e. The molecule has 1 aliphatic rings. The molecule has 1 aromatic carbocycles. The van der Waals surface area contributed by atoms with Crippen molar-refractivity contribution >= 4 is 17.7 Å². The summed E-state index contributed by atoms with van der Waals surface area (Å²) in [7, 11) is 3.93. The Morgan fingerprint density at radius 1 is 1.21 bits per heavy atom. The van der Waals surface area contributed by atoms with Crippen LogP contribution in [0.1, 0.15) is 50.2 Å². The second kappa shape index (κ2) is 11.0. The molecule has 0 radical (unpaired) electrons. The van der Waals surface area contributed by atoms with Crippen molar-refractivity contribution in [3.05, 3.63) is 71.8 Å². The molecule has 2 aromatic heterocycles. The van der Waals surface area contributed by atoms with Crippen LogP contribution in [0.3, 0.4) is 0 Å². The Bertz CT molecular complexity index is 1120. The number of hydrogen-bond donors (Lipinski definition) is 0. The molecule has 0 bridgehead atoms. The fraction of sp³-hybridized carbons (Fsp3) is 0.400. The normalized spacial score (nSPS) is 14.8. The fourth-order valence-corrected chi connectivity index (χ4v) is 4.72. The van der Waals surface area contributed by atoms with Crippen LogP contribution in [0, 0.1) is 5.82 Å². The van der Waals surface area contributed by atoms with Crippen molar-refractivity contribution in [1.82, 2.24) is 24.6 Å². The molecule has 0 unspecified atom stereocenters. The van der Waals surface area contributed by atoms with E-state index in [2.05, 4.69) is 16.3 Å². The predicted octanol–water partition coefficient (Wildman–Crippen LogP) is 5.20. The van der Waals surface area contributed by atoms with Crippen molar-refractivity contribution in [1.29, 1.82) is 0 Å². The van der Waals surface area contributed by atoms with E-state index in [1.54, 1.807) is 18.4 Å². The number of aromatic nitrogens is 3. The van der Waals surface area contributed by atoms with Gasteiger partial charge in [-0.3, -0.25) is 14.3 Å². The van der Waals surface area contributed by atoms with Gasteiger partial charge in [0.05, 0.1) is 24.6 Å². The van der Waals surface area contributed by atoms with Crippen molar-refractivity contribution < 1.29 is 13.6 Å². The lowest BCUT2D eigenvalue weighted by Crippen LogP contribution is -2.32. The van der Waals surface area contributed by atoms with E-state index in [-0.39, 0.29) is 23.5 Å².